The maximum Gasteiger partial charge on any atom is 0.131 e. The highest BCUT2D eigenvalue weighted by atomic mass is 19.1. The number of rotatable bonds is 9. The van der Waals surface area contributed by atoms with Crippen molar-refractivity contribution in [3.05, 3.63) is 47.5 Å². The van der Waals surface area contributed by atoms with E-state index in [9.17, 15) is 4.39 Å². The fourth-order valence-corrected chi connectivity index (χ4v) is 2.21. The second-order valence-corrected chi connectivity index (χ2v) is 5.23. The van der Waals surface area contributed by atoms with Crippen LogP contribution < -0.4 is 10.6 Å². The van der Waals surface area contributed by atoms with Gasteiger partial charge in [0.25, 0.3) is 0 Å². The van der Waals surface area contributed by atoms with Gasteiger partial charge >= 0.3 is 0 Å². The van der Waals surface area contributed by atoms with E-state index in [0.29, 0.717) is 31.0 Å². The lowest BCUT2D eigenvalue weighted by atomic mass is 10.1. The number of methoxy groups -OCH3 is 1. The van der Waals surface area contributed by atoms with Crippen molar-refractivity contribution in [2.24, 2.45) is 0 Å². The fourth-order valence-electron chi connectivity index (χ4n) is 2.21. The van der Waals surface area contributed by atoms with Crippen LogP contribution in [0.3, 0.4) is 0 Å². The molecular weight excluding hydrogens is 295 g/mol. The van der Waals surface area contributed by atoms with Crippen LogP contribution in [0.2, 0.25) is 0 Å². The monoisotopic (exact) mass is 318 g/mol. The minimum atomic E-state index is -0.173. The van der Waals surface area contributed by atoms with E-state index >= 15 is 0 Å². The number of nitrogens with zero attached hydrogens (tertiary/aromatic N) is 2. The van der Waals surface area contributed by atoms with Crippen LogP contribution in [0.25, 0.3) is 0 Å². The molecule has 0 saturated heterocycles. The first kappa shape index (κ1) is 17.1. The summed E-state index contributed by atoms with van der Waals surface area (Å²) in [4.78, 5) is 8.70. The molecule has 5 nitrogen and oxygen atoms in total. The first-order valence-electron chi connectivity index (χ1n) is 7.75. The molecule has 0 radical (unpaired) electrons. The van der Waals surface area contributed by atoms with Gasteiger partial charge in [-0.2, -0.15) is 0 Å². The Balaban J connectivity index is 1.87. The second kappa shape index (κ2) is 9.05. The SMILES string of the molecule is COCCCNc1cc(NCCc2ccccc2F)nc(C)n1. The Morgan fingerprint density at radius 1 is 1.09 bits per heavy atom. The van der Waals surface area contributed by atoms with Gasteiger partial charge in [-0.15, -0.1) is 0 Å². The molecule has 2 aromatic rings. The van der Waals surface area contributed by atoms with E-state index in [-0.39, 0.29) is 5.82 Å². The van der Waals surface area contributed by atoms with Gasteiger partial charge in [-0.3, -0.25) is 0 Å². The minimum absolute atomic E-state index is 0.173. The lowest BCUT2D eigenvalue weighted by molar-refractivity contribution is 0.198. The lowest BCUT2D eigenvalue weighted by Crippen LogP contribution is -2.11. The van der Waals surface area contributed by atoms with Crippen molar-refractivity contribution in [3.8, 4) is 0 Å². The number of hydrogen-bond acceptors (Lipinski definition) is 5. The standard InChI is InChI=1S/C17H23FN4O/c1-13-21-16(19-9-5-11-23-2)12-17(22-13)20-10-8-14-6-3-4-7-15(14)18/h3-4,6-7,12H,5,8-11H2,1-2H3,(H2,19,20,21,22). The van der Waals surface area contributed by atoms with Gasteiger partial charge in [-0.1, -0.05) is 18.2 Å². The molecule has 0 aliphatic rings. The molecule has 0 aliphatic heterocycles. The summed E-state index contributed by atoms with van der Waals surface area (Å²) in [6, 6.07) is 8.68. The average Bonchev–Trinajstić information content (AvgIpc) is 2.53. The van der Waals surface area contributed by atoms with Crippen LogP contribution in [0, 0.1) is 12.7 Å². The summed E-state index contributed by atoms with van der Waals surface area (Å²) >= 11 is 0. The number of benzene rings is 1. The molecule has 0 fully saturated rings. The largest absolute Gasteiger partial charge is 0.385 e. The maximum absolute atomic E-state index is 13.6. The van der Waals surface area contributed by atoms with E-state index in [1.165, 1.54) is 6.07 Å². The Morgan fingerprint density at radius 3 is 2.48 bits per heavy atom. The van der Waals surface area contributed by atoms with Crippen molar-refractivity contribution < 1.29 is 9.13 Å². The smallest absolute Gasteiger partial charge is 0.131 e. The van der Waals surface area contributed by atoms with Crippen LogP contribution >= 0.6 is 0 Å². The lowest BCUT2D eigenvalue weighted by Gasteiger charge is -2.10. The van der Waals surface area contributed by atoms with E-state index in [1.807, 2.05) is 19.1 Å². The predicted octanol–water partition coefficient (Wildman–Crippen LogP) is 3.03. The van der Waals surface area contributed by atoms with Gasteiger partial charge in [0.1, 0.15) is 23.3 Å². The third-order valence-electron chi connectivity index (χ3n) is 3.33. The van der Waals surface area contributed by atoms with Crippen LogP contribution in [0.15, 0.2) is 30.3 Å². The number of aromatic nitrogens is 2. The zero-order valence-corrected chi connectivity index (χ0v) is 13.6. The third-order valence-corrected chi connectivity index (χ3v) is 3.33. The molecule has 124 valence electrons. The summed E-state index contributed by atoms with van der Waals surface area (Å²) in [6.45, 7) is 3.96. The first-order chi connectivity index (χ1) is 11.2. The van der Waals surface area contributed by atoms with Crippen LogP contribution in [0.1, 0.15) is 17.8 Å². The van der Waals surface area contributed by atoms with Gasteiger partial charge in [0.05, 0.1) is 0 Å². The van der Waals surface area contributed by atoms with Gasteiger partial charge in [0.2, 0.25) is 0 Å². The van der Waals surface area contributed by atoms with E-state index < -0.39 is 0 Å². The number of hydrogen-bond donors (Lipinski definition) is 2. The molecule has 0 bridgehead atoms. The molecule has 0 amide bonds. The Morgan fingerprint density at radius 2 is 1.78 bits per heavy atom. The Hall–Kier alpha value is -2.21. The summed E-state index contributed by atoms with van der Waals surface area (Å²) in [6.07, 6.45) is 1.52. The van der Waals surface area contributed by atoms with Crippen molar-refractivity contribution in [2.75, 3.05) is 37.4 Å². The zero-order chi connectivity index (χ0) is 16.5. The Labute approximate surface area is 136 Å². The topological polar surface area (TPSA) is 59.1 Å². The molecule has 2 rings (SSSR count). The number of halogens is 1. The summed E-state index contributed by atoms with van der Waals surface area (Å²) < 4.78 is 18.6. The number of nitrogens with one attached hydrogen (secondary N) is 2. The van der Waals surface area contributed by atoms with Crippen LogP contribution in [-0.4, -0.2) is 36.8 Å². The van der Waals surface area contributed by atoms with Crippen molar-refractivity contribution in [3.63, 3.8) is 0 Å². The van der Waals surface area contributed by atoms with Gasteiger partial charge in [0, 0.05) is 32.9 Å². The Kier molecular flexibility index (Phi) is 6.75. The number of anilines is 2. The van der Waals surface area contributed by atoms with Crippen molar-refractivity contribution in [1.29, 1.82) is 0 Å². The van der Waals surface area contributed by atoms with Crippen molar-refractivity contribution in [2.45, 2.75) is 19.8 Å². The van der Waals surface area contributed by atoms with Gasteiger partial charge in [-0.05, 0) is 31.4 Å². The van der Waals surface area contributed by atoms with Gasteiger partial charge < -0.3 is 15.4 Å². The summed E-state index contributed by atoms with van der Waals surface area (Å²) in [5, 5.41) is 6.47. The van der Waals surface area contributed by atoms with Crippen LogP contribution in [0.5, 0.6) is 0 Å². The van der Waals surface area contributed by atoms with Crippen molar-refractivity contribution in [1.82, 2.24) is 9.97 Å². The number of aryl methyl sites for hydroxylation is 1. The molecule has 1 aromatic heterocycles. The summed E-state index contributed by atoms with van der Waals surface area (Å²) in [5.74, 6) is 2.04. The zero-order valence-electron chi connectivity index (χ0n) is 13.6. The highest BCUT2D eigenvalue weighted by molar-refractivity contribution is 5.47. The number of ether oxygens (including phenoxy) is 1. The molecule has 0 atom stereocenters. The molecule has 0 saturated carbocycles. The van der Waals surface area contributed by atoms with Crippen LogP contribution in [-0.2, 0) is 11.2 Å². The Bertz CT molecular complexity index is 621. The molecule has 0 spiro atoms. The fraction of sp³-hybridized carbons (Fsp3) is 0.412. The highest BCUT2D eigenvalue weighted by Crippen LogP contribution is 2.12. The quantitative estimate of drug-likeness (QED) is 0.696. The van der Waals surface area contributed by atoms with E-state index in [4.69, 9.17) is 4.74 Å². The molecule has 23 heavy (non-hydrogen) atoms. The first-order valence-corrected chi connectivity index (χ1v) is 7.75. The highest BCUT2D eigenvalue weighted by Gasteiger charge is 2.03. The molecule has 1 heterocycles. The van der Waals surface area contributed by atoms with Crippen molar-refractivity contribution >= 4 is 11.6 Å². The molecule has 6 heteroatoms. The summed E-state index contributed by atoms with van der Waals surface area (Å²) in [7, 11) is 1.69. The second-order valence-electron chi connectivity index (χ2n) is 5.23. The molecular formula is C17H23FN4O. The molecule has 0 unspecified atom stereocenters. The van der Waals surface area contributed by atoms with E-state index in [0.717, 1.165) is 24.6 Å². The third kappa shape index (κ3) is 5.83. The molecule has 0 aliphatic carbocycles. The van der Waals surface area contributed by atoms with Gasteiger partial charge in [0.15, 0.2) is 0 Å². The van der Waals surface area contributed by atoms with Gasteiger partial charge in [-0.25, -0.2) is 14.4 Å². The summed E-state index contributed by atoms with van der Waals surface area (Å²) in [5.41, 5.74) is 0.698. The minimum Gasteiger partial charge on any atom is -0.385 e. The maximum atomic E-state index is 13.6. The molecule has 2 N–H and O–H groups in total. The van der Waals surface area contributed by atoms with E-state index in [1.54, 1.807) is 19.2 Å². The van der Waals surface area contributed by atoms with Crippen LogP contribution in [0.4, 0.5) is 16.0 Å². The normalized spacial score (nSPS) is 10.6. The molecule has 1 aromatic carbocycles. The average molecular weight is 318 g/mol. The van der Waals surface area contributed by atoms with E-state index in [2.05, 4.69) is 20.6 Å². The predicted molar refractivity (Wildman–Crippen MR) is 90.3 cm³/mol.